The van der Waals surface area contributed by atoms with Crippen molar-refractivity contribution < 1.29 is 17.6 Å². The second-order valence-electron chi connectivity index (χ2n) is 7.07. The van der Waals surface area contributed by atoms with Crippen LogP contribution >= 0.6 is 11.6 Å². The quantitative estimate of drug-likeness (QED) is 0.395. The van der Waals surface area contributed by atoms with Crippen LogP contribution in [0.3, 0.4) is 0 Å². The Bertz CT molecular complexity index is 1410. The molecule has 0 fully saturated rings. The molecule has 0 aliphatic heterocycles. The maximum Gasteiger partial charge on any atom is 0.262 e. The van der Waals surface area contributed by atoms with Gasteiger partial charge in [0.15, 0.2) is 0 Å². The summed E-state index contributed by atoms with van der Waals surface area (Å²) in [5.41, 5.74) is 0.870. The number of sulfonamides is 1. The first kappa shape index (κ1) is 22.5. The minimum atomic E-state index is -4.10. The topological polar surface area (TPSA) is 93.1 Å². The highest BCUT2D eigenvalue weighted by Gasteiger charge is 2.18. The van der Waals surface area contributed by atoms with Gasteiger partial charge in [-0.25, -0.2) is 17.5 Å². The number of carbonyl (C=O) groups is 1. The van der Waals surface area contributed by atoms with Gasteiger partial charge in [-0.1, -0.05) is 41.9 Å². The van der Waals surface area contributed by atoms with Crippen LogP contribution in [0.5, 0.6) is 0 Å². The zero-order valence-corrected chi connectivity index (χ0v) is 18.6. The number of nitrogens with zero attached hydrogens (tertiary/aromatic N) is 2. The maximum absolute atomic E-state index is 13.9. The highest BCUT2D eigenvalue weighted by Crippen LogP contribution is 2.20. The van der Waals surface area contributed by atoms with Crippen molar-refractivity contribution in [3.63, 3.8) is 0 Å². The van der Waals surface area contributed by atoms with Crippen molar-refractivity contribution in [3.8, 4) is 0 Å². The molecule has 33 heavy (non-hydrogen) atoms. The number of hydrogen-bond donors (Lipinski definition) is 2. The summed E-state index contributed by atoms with van der Waals surface area (Å²) < 4.78 is 43.0. The number of amides is 1. The monoisotopic (exact) mass is 484 g/mol. The van der Waals surface area contributed by atoms with Crippen LogP contribution in [0.2, 0.25) is 5.02 Å². The van der Waals surface area contributed by atoms with Gasteiger partial charge in [-0.15, -0.1) is 0 Å². The van der Waals surface area contributed by atoms with Crippen molar-refractivity contribution in [2.24, 2.45) is 0 Å². The second-order valence-corrected chi connectivity index (χ2v) is 9.19. The van der Waals surface area contributed by atoms with Crippen LogP contribution in [0.1, 0.15) is 15.9 Å². The average molecular weight is 485 g/mol. The van der Waals surface area contributed by atoms with E-state index in [1.54, 1.807) is 29.1 Å². The third-order valence-corrected chi connectivity index (χ3v) is 6.34. The van der Waals surface area contributed by atoms with Gasteiger partial charge in [0.05, 0.1) is 23.3 Å². The van der Waals surface area contributed by atoms with E-state index in [1.807, 2.05) is 12.1 Å². The first-order valence-electron chi connectivity index (χ1n) is 9.77. The number of aromatic nitrogens is 2. The largest absolute Gasteiger partial charge is 0.307 e. The van der Waals surface area contributed by atoms with Crippen LogP contribution < -0.4 is 10.0 Å². The maximum atomic E-state index is 13.9. The van der Waals surface area contributed by atoms with Crippen molar-refractivity contribution in [3.05, 3.63) is 107 Å². The summed E-state index contributed by atoms with van der Waals surface area (Å²) in [6.45, 7) is 0.404. The molecule has 0 radical (unpaired) electrons. The molecule has 0 unspecified atom stereocenters. The first-order chi connectivity index (χ1) is 15.8. The van der Waals surface area contributed by atoms with E-state index in [-0.39, 0.29) is 16.1 Å². The first-order valence-corrected chi connectivity index (χ1v) is 11.6. The Labute approximate surface area is 194 Å². The standard InChI is InChI=1S/C23H18ClFN4O3S/c24-18-10-8-16(9-11-18)15-29-22(12-13-26-29)27-23(30)17-4-3-5-19(14-17)33(31,32)28-21-7-2-1-6-20(21)25/h1-14,28H,15H2,(H,27,30). The second kappa shape index (κ2) is 9.43. The summed E-state index contributed by atoms with van der Waals surface area (Å²) in [4.78, 5) is 12.6. The number of para-hydroxylation sites is 1. The van der Waals surface area contributed by atoms with E-state index in [1.165, 1.54) is 42.5 Å². The normalized spacial score (nSPS) is 11.2. The van der Waals surface area contributed by atoms with Crippen molar-refractivity contribution in [1.29, 1.82) is 0 Å². The molecule has 0 atom stereocenters. The summed E-state index contributed by atoms with van der Waals surface area (Å²) in [6, 6.07) is 19.8. The van der Waals surface area contributed by atoms with E-state index in [9.17, 15) is 17.6 Å². The summed E-state index contributed by atoms with van der Waals surface area (Å²) in [6.07, 6.45) is 1.55. The lowest BCUT2D eigenvalue weighted by Crippen LogP contribution is -2.18. The van der Waals surface area contributed by atoms with Gasteiger partial charge in [0.25, 0.3) is 15.9 Å². The molecule has 0 aliphatic rings. The van der Waals surface area contributed by atoms with E-state index in [2.05, 4.69) is 15.1 Å². The van der Waals surface area contributed by atoms with Crippen molar-refractivity contribution in [1.82, 2.24) is 9.78 Å². The Morgan fingerprint density at radius 3 is 2.52 bits per heavy atom. The highest BCUT2D eigenvalue weighted by atomic mass is 35.5. The fourth-order valence-corrected chi connectivity index (χ4v) is 4.31. The average Bonchev–Trinajstić information content (AvgIpc) is 3.23. The zero-order chi connectivity index (χ0) is 23.4. The number of benzene rings is 3. The SMILES string of the molecule is O=C(Nc1ccnn1Cc1ccc(Cl)cc1)c1cccc(S(=O)(=O)Nc2ccccc2F)c1. The minimum Gasteiger partial charge on any atom is -0.307 e. The van der Waals surface area contributed by atoms with Crippen molar-refractivity contribution in [2.45, 2.75) is 11.4 Å². The number of rotatable bonds is 7. The molecule has 0 aliphatic carbocycles. The molecule has 0 saturated carbocycles. The fourth-order valence-electron chi connectivity index (χ4n) is 3.07. The van der Waals surface area contributed by atoms with Gasteiger partial charge >= 0.3 is 0 Å². The van der Waals surface area contributed by atoms with Gasteiger partial charge in [0.2, 0.25) is 0 Å². The lowest BCUT2D eigenvalue weighted by atomic mass is 10.2. The van der Waals surface area contributed by atoms with E-state index < -0.39 is 21.7 Å². The molecule has 0 spiro atoms. The summed E-state index contributed by atoms with van der Waals surface area (Å²) >= 11 is 5.91. The van der Waals surface area contributed by atoms with Crippen LogP contribution in [0.4, 0.5) is 15.9 Å². The van der Waals surface area contributed by atoms with Crippen molar-refractivity contribution in [2.75, 3.05) is 10.0 Å². The van der Waals surface area contributed by atoms with Crippen molar-refractivity contribution >= 4 is 39.0 Å². The van der Waals surface area contributed by atoms with Gasteiger partial charge in [-0.2, -0.15) is 5.10 Å². The number of carbonyl (C=O) groups excluding carboxylic acids is 1. The van der Waals surface area contributed by atoms with E-state index in [0.717, 1.165) is 11.6 Å². The van der Waals surface area contributed by atoms with Crippen LogP contribution in [0, 0.1) is 5.82 Å². The predicted molar refractivity (Wildman–Crippen MR) is 124 cm³/mol. The zero-order valence-electron chi connectivity index (χ0n) is 17.1. The number of hydrogen-bond acceptors (Lipinski definition) is 4. The third kappa shape index (κ3) is 5.39. The van der Waals surface area contributed by atoms with E-state index >= 15 is 0 Å². The molecule has 7 nitrogen and oxygen atoms in total. The Morgan fingerprint density at radius 1 is 1.00 bits per heavy atom. The molecule has 2 N–H and O–H groups in total. The number of nitrogens with one attached hydrogen (secondary N) is 2. The molecule has 1 aromatic heterocycles. The summed E-state index contributed by atoms with van der Waals surface area (Å²) in [5.74, 6) is -0.785. The Morgan fingerprint density at radius 2 is 1.76 bits per heavy atom. The van der Waals surface area contributed by atoms with Gasteiger partial charge in [-0.05, 0) is 48.0 Å². The molecule has 1 heterocycles. The van der Waals surface area contributed by atoms with E-state index in [0.29, 0.717) is 17.4 Å². The summed E-state index contributed by atoms with van der Waals surface area (Å²) in [5, 5.41) is 7.57. The molecule has 168 valence electrons. The smallest absolute Gasteiger partial charge is 0.262 e. The molecular formula is C23H18ClFN4O3S. The lowest BCUT2D eigenvalue weighted by molar-refractivity contribution is 0.102. The van der Waals surface area contributed by atoms with Gasteiger partial charge in [0, 0.05) is 16.7 Å². The van der Waals surface area contributed by atoms with Crippen LogP contribution in [-0.4, -0.2) is 24.1 Å². The Hall–Kier alpha value is -3.69. The molecule has 0 bridgehead atoms. The molecule has 0 saturated heterocycles. The van der Waals surface area contributed by atoms with Gasteiger partial charge in [0.1, 0.15) is 11.6 Å². The van der Waals surface area contributed by atoms with Crippen LogP contribution in [0.25, 0.3) is 0 Å². The molecule has 3 aromatic carbocycles. The molecular weight excluding hydrogens is 467 g/mol. The van der Waals surface area contributed by atoms with E-state index in [4.69, 9.17) is 11.6 Å². The fraction of sp³-hybridized carbons (Fsp3) is 0.0435. The summed E-state index contributed by atoms with van der Waals surface area (Å²) in [7, 11) is -4.10. The van der Waals surface area contributed by atoms with Gasteiger partial charge in [-0.3, -0.25) is 9.52 Å². The van der Waals surface area contributed by atoms with Gasteiger partial charge < -0.3 is 5.32 Å². The highest BCUT2D eigenvalue weighted by molar-refractivity contribution is 7.92. The van der Waals surface area contributed by atoms with Crippen LogP contribution in [0.15, 0.2) is 90.0 Å². The Kier molecular flexibility index (Phi) is 6.43. The number of halogens is 2. The predicted octanol–water partition coefficient (Wildman–Crippen LogP) is 4.78. The lowest BCUT2D eigenvalue weighted by Gasteiger charge is -2.11. The molecule has 4 aromatic rings. The third-order valence-electron chi connectivity index (χ3n) is 4.73. The van der Waals surface area contributed by atoms with Crippen LogP contribution in [-0.2, 0) is 16.6 Å². The number of anilines is 2. The Balaban J connectivity index is 1.51. The molecule has 4 rings (SSSR count). The molecule has 10 heteroatoms. The molecule has 1 amide bonds. The minimum absolute atomic E-state index is 0.116.